The minimum atomic E-state index is -0.522. The van der Waals surface area contributed by atoms with Crippen LogP contribution in [0.1, 0.15) is 43.9 Å². The van der Waals surface area contributed by atoms with Gasteiger partial charge in [0.1, 0.15) is 0 Å². The lowest BCUT2D eigenvalue weighted by atomic mass is 9.84. The maximum absolute atomic E-state index is 11.8. The molecule has 0 bridgehead atoms. The van der Waals surface area contributed by atoms with Crippen LogP contribution in [0.2, 0.25) is 0 Å². The van der Waals surface area contributed by atoms with Crippen LogP contribution in [0.25, 0.3) is 0 Å². The Morgan fingerprint density at radius 1 is 1.25 bits per heavy atom. The first-order valence-corrected chi connectivity index (χ1v) is 8.16. The highest BCUT2D eigenvalue weighted by Gasteiger charge is 2.37. The molecule has 0 spiro atoms. The Kier molecular flexibility index (Phi) is 5.17. The van der Waals surface area contributed by atoms with Crippen molar-refractivity contribution >= 4 is 23.2 Å². The number of nitrogens with one attached hydrogen (secondary N) is 2. The molecule has 0 radical (unpaired) electrons. The molecule has 0 aliphatic heterocycles. The maximum atomic E-state index is 11.8. The number of hydrogen-bond donors (Lipinski definition) is 2. The average molecular weight is 294 g/mol. The minimum absolute atomic E-state index is 0.0366. The van der Waals surface area contributed by atoms with Crippen LogP contribution >= 0.6 is 11.3 Å². The van der Waals surface area contributed by atoms with E-state index < -0.39 is 11.8 Å². The van der Waals surface area contributed by atoms with E-state index in [9.17, 15) is 9.59 Å². The predicted molar refractivity (Wildman–Crippen MR) is 80.8 cm³/mol. The molecule has 5 heteroatoms. The van der Waals surface area contributed by atoms with Gasteiger partial charge in [0.05, 0.1) is 0 Å². The summed E-state index contributed by atoms with van der Waals surface area (Å²) in [7, 11) is 0. The molecular weight excluding hydrogens is 272 g/mol. The monoisotopic (exact) mass is 294 g/mol. The van der Waals surface area contributed by atoms with Crippen molar-refractivity contribution in [2.75, 3.05) is 13.1 Å². The molecule has 1 aliphatic rings. The van der Waals surface area contributed by atoms with E-state index in [4.69, 9.17) is 0 Å². The van der Waals surface area contributed by atoms with Crippen LogP contribution < -0.4 is 10.6 Å². The first kappa shape index (κ1) is 15.0. The molecule has 1 saturated carbocycles. The molecule has 1 aliphatic carbocycles. The molecule has 20 heavy (non-hydrogen) atoms. The third-order valence-electron chi connectivity index (χ3n) is 3.93. The van der Waals surface area contributed by atoms with Gasteiger partial charge in [-0.3, -0.25) is 9.59 Å². The molecule has 0 atom stereocenters. The highest BCUT2D eigenvalue weighted by Crippen LogP contribution is 2.42. The Bertz CT molecular complexity index is 450. The van der Waals surface area contributed by atoms with Crippen molar-refractivity contribution in [3.63, 3.8) is 0 Å². The standard InChI is InChI=1S/C15H22N2O2S/c1-2-9-16-13(18)14(19)17-11-15(7-3-4-8-15)12-6-5-10-20-12/h5-6,10H,2-4,7-9,11H2,1H3,(H,16,18)(H,17,19). The minimum Gasteiger partial charge on any atom is -0.348 e. The van der Waals surface area contributed by atoms with Gasteiger partial charge in [0.25, 0.3) is 0 Å². The molecule has 2 N–H and O–H groups in total. The van der Waals surface area contributed by atoms with Gasteiger partial charge in [0.15, 0.2) is 0 Å². The molecule has 4 nitrogen and oxygen atoms in total. The second-order valence-corrected chi connectivity index (χ2v) is 6.35. The second-order valence-electron chi connectivity index (χ2n) is 5.40. The normalized spacial score (nSPS) is 16.9. The van der Waals surface area contributed by atoms with E-state index >= 15 is 0 Å². The first-order chi connectivity index (χ1) is 9.68. The Morgan fingerprint density at radius 3 is 2.55 bits per heavy atom. The van der Waals surface area contributed by atoms with E-state index in [-0.39, 0.29) is 5.41 Å². The molecular formula is C15H22N2O2S. The SMILES string of the molecule is CCCNC(=O)C(=O)NCC1(c2cccs2)CCCC1. The second kappa shape index (κ2) is 6.88. The fraction of sp³-hybridized carbons (Fsp3) is 0.600. The lowest BCUT2D eigenvalue weighted by Gasteiger charge is -2.28. The molecule has 1 heterocycles. The van der Waals surface area contributed by atoms with Crippen LogP contribution in [-0.4, -0.2) is 24.9 Å². The predicted octanol–water partition coefficient (Wildman–Crippen LogP) is 2.20. The van der Waals surface area contributed by atoms with Gasteiger partial charge < -0.3 is 10.6 Å². The smallest absolute Gasteiger partial charge is 0.309 e. The molecule has 110 valence electrons. The van der Waals surface area contributed by atoms with Gasteiger partial charge >= 0.3 is 11.8 Å². The van der Waals surface area contributed by atoms with Crippen LogP contribution in [0.15, 0.2) is 17.5 Å². The third-order valence-corrected chi connectivity index (χ3v) is 5.05. The van der Waals surface area contributed by atoms with Crippen molar-refractivity contribution in [3.05, 3.63) is 22.4 Å². The van der Waals surface area contributed by atoms with Crippen molar-refractivity contribution in [2.45, 2.75) is 44.4 Å². The van der Waals surface area contributed by atoms with E-state index in [1.165, 1.54) is 17.7 Å². The highest BCUT2D eigenvalue weighted by atomic mass is 32.1. The number of carbonyl (C=O) groups is 2. The largest absolute Gasteiger partial charge is 0.348 e. The number of hydrogen-bond acceptors (Lipinski definition) is 3. The lowest BCUT2D eigenvalue weighted by molar-refractivity contribution is -0.139. The molecule has 0 aromatic carbocycles. The molecule has 1 aromatic heterocycles. The van der Waals surface area contributed by atoms with Gasteiger partial charge in [-0.1, -0.05) is 25.8 Å². The van der Waals surface area contributed by atoms with E-state index in [0.717, 1.165) is 19.3 Å². The zero-order valence-corrected chi connectivity index (χ0v) is 12.7. The van der Waals surface area contributed by atoms with Crippen molar-refractivity contribution in [3.8, 4) is 0 Å². The fourth-order valence-electron chi connectivity index (χ4n) is 2.79. The van der Waals surface area contributed by atoms with E-state index in [1.807, 2.05) is 6.92 Å². The van der Waals surface area contributed by atoms with Crippen LogP contribution in [0, 0.1) is 0 Å². The average Bonchev–Trinajstić information content (AvgIpc) is 3.13. The summed E-state index contributed by atoms with van der Waals surface area (Å²) in [6.07, 6.45) is 5.39. The van der Waals surface area contributed by atoms with Gasteiger partial charge in [-0.15, -0.1) is 11.3 Å². The van der Waals surface area contributed by atoms with Crippen LogP contribution in [0.5, 0.6) is 0 Å². The zero-order valence-electron chi connectivity index (χ0n) is 11.9. The summed E-state index contributed by atoms with van der Waals surface area (Å²) in [6.45, 7) is 3.07. The van der Waals surface area contributed by atoms with Crippen molar-refractivity contribution < 1.29 is 9.59 Å². The Morgan fingerprint density at radius 2 is 1.95 bits per heavy atom. The van der Waals surface area contributed by atoms with Gasteiger partial charge in [0.2, 0.25) is 0 Å². The van der Waals surface area contributed by atoms with E-state index in [2.05, 4.69) is 28.1 Å². The topological polar surface area (TPSA) is 58.2 Å². The van der Waals surface area contributed by atoms with Gasteiger partial charge in [-0.05, 0) is 30.7 Å². The van der Waals surface area contributed by atoms with Crippen LogP contribution in [0.4, 0.5) is 0 Å². The number of carbonyl (C=O) groups excluding carboxylic acids is 2. The maximum Gasteiger partial charge on any atom is 0.309 e. The summed E-state index contributed by atoms with van der Waals surface area (Å²) in [6, 6.07) is 4.19. The number of rotatable bonds is 5. The Labute approximate surface area is 124 Å². The van der Waals surface area contributed by atoms with E-state index in [0.29, 0.717) is 13.1 Å². The lowest BCUT2D eigenvalue weighted by Crippen LogP contribution is -2.45. The first-order valence-electron chi connectivity index (χ1n) is 7.28. The van der Waals surface area contributed by atoms with Gasteiger partial charge in [-0.2, -0.15) is 0 Å². The summed E-state index contributed by atoms with van der Waals surface area (Å²) < 4.78 is 0. The highest BCUT2D eigenvalue weighted by molar-refractivity contribution is 7.10. The molecule has 0 saturated heterocycles. The summed E-state index contributed by atoms with van der Waals surface area (Å²) in [5.74, 6) is -1.03. The molecule has 2 amide bonds. The number of thiophene rings is 1. The summed E-state index contributed by atoms with van der Waals surface area (Å²) in [5, 5.41) is 7.50. The van der Waals surface area contributed by atoms with Crippen molar-refractivity contribution in [1.82, 2.24) is 10.6 Å². The van der Waals surface area contributed by atoms with E-state index in [1.54, 1.807) is 11.3 Å². The van der Waals surface area contributed by atoms with Crippen LogP contribution in [0.3, 0.4) is 0 Å². The van der Waals surface area contributed by atoms with Crippen LogP contribution in [-0.2, 0) is 15.0 Å². The molecule has 1 fully saturated rings. The zero-order chi connectivity index (χ0) is 14.4. The summed E-state index contributed by atoms with van der Waals surface area (Å²) in [4.78, 5) is 24.7. The van der Waals surface area contributed by atoms with Gasteiger partial charge in [0, 0.05) is 23.4 Å². The third kappa shape index (κ3) is 3.39. The molecule has 2 rings (SSSR count). The van der Waals surface area contributed by atoms with Gasteiger partial charge in [-0.25, -0.2) is 0 Å². The fourth-order valence-corrected chi connectivity index (χ4v) is 3.78. The quantitative estimate of drug-likeness (QED) is 0.818. The van der Waals surface area contributed by atoms with Crippen molar-refractivity contribution in [2.24, 2.45) is 0 Å². The summed E-state index contributed by atoms with van der Waals surface area (Å²) in [5.41, 5.74) is 0.0366. The number of amides is 2. The Hall–Kier alpha value is -1.36. The molecule has 0 unspecified atom stereocenters. The summed E-state index contributed by atoms with van der Waals surface area (Å²) >= 11 is 1.74. The molecule has 1 aromatic rings. The Balaban J connectivity index is 1.93. The van der Waals surface area contributed by atoms with Crippen molar-refractivity contribution in [1.29, 1.82) is 0 Å².